The molecule has 0 saturated carbocycles. The van der Waals surface area contributed by atoms with Gasteiger partial charge in [0.1, 0.15) is 0 Å². The molecule has 5 rings (SSSR count). The molecule has 0 aliphatic carbocycles. The molecule has 196 valence electrons. The summed E-state index contributed by atoms with van der Waals surface area (Å²) in [6, 6.07) is 23.1. The van der Waals surface area contributed by atoms with Gasteiger partial charge in [0, 0.05) is 49.9 Å². The number of aromatic nitrogens is 2. The Labute approximate surface area is 226 Å². The Morgan fingerprint density at radius 1 is 1.03 bits per heavy atom. The van der Waals surface area contributed by atoms with E-state index < -0.39 is 0 Å². The van der Waals surface area contributed by atoms with Crippen LogP contribution in [0.25, 0.3) is 11.0 Å². The fourth-order valence-corrected chi connectivity index (χ4v) is 4.77. The monoisotopic (exact) mass is 520 g/mol. The Balaban J connectivity index is 1.43. The van der Waals surface area contributed by atoms with Gasteiger partial charge < -0.3 is 14.4 Å². The molecule has 9 nitrogen and oxygen atoms in total. The van der Waals surface area contributed by atoms with Gasteiger partial charge in [0.15, 0.2) is 0 Å². The number of hydrogen-bond donors (Lipinski definition) is 1. The second-order valence-corrected chi connectivity index (χ2v) is 9.47. The lowest BCUT2D eigenvalue weighted by Gasteiger charge is -2.18. The summed E-state index contributed by atoms with van der Waals surface area (Å²) < 4.78 is 1.93. The summed E-state index contributed by atoms with van der Waals surface area (Å²) in [6.07, 6.45) is 2.18. The zero-order valence-corrected chi connectivity index (χ0v) is 21.6. The third-order valence-corrected chi connectivity index (χ3v) is 6.93. The van der Waals surface area contributed by atoms with Crippen LogP contribution in [-0.4, -0.2) is 52.3 Å². The molecule has 1 aliphatic rings. The third-order valence-electron chi connectivity index (χ3n) is 6.93. The fraction of sp³-hybridized carbons (Fsp3) is 0.233. The first kappa shape index (κ1) is 25.7. The van der Waals surface area contributed by atoms with Crippen molar-refractivity contribution in [2.75, 3.05) is 30.4 Å². The van der Waals surface area contributed by atoms with E-state index in [0.29, 0.717) is 59.8 Å². The van der Waals surface area contributed by atoms with Gasteiger partial charge in [0.05, 0.1) is 22.7 Å². The van der Waals surface area contributed by atoms with Crippen molar-refractivity contribution < 1.29 is 14.4 Å². The van der Waals surface area contributed by atoms with Crippen LogP contribution in [0.4, 0.5) is 11.6 Å². The molecule has 0 unspecified atom stereocenters. The molecular weight excluding hydrogens is 492 g/mol. The number of benzene rings is 3. The number of nitriles is 1. The second-order valence-electron chi connectivity index (χ2n) is 9.47. The van der Waals surface area contributed by atoms with E-state index in [1.165, 1.54) is 0 Å². The van der Waals surface area contributed by atoms with E-state index in [9.17, 15) is 14.4 Å². The van der Waals surface area contributed by atoms with Crippen LogP contribution in [0, 0.1) is 11.3 Å². The standard InChI is InChI=1S/C30H28N6O3/c1-34(29(39)23-7-3-2-4-8-23)24-14-15-26-25(19-24)32-30(33-28(38)22-12-10-21(20-31)11-13-22)36(26)18-6-17-35-16-5-9-27(35)37/h2-4,7-8,10-15,19H,5-6,9,16-18H2,1H3,(H,32,33,38). The molecule has 1 N–H and O–H groups in total. The quantitative estimate of drug-likeness (QED) is 0.369. The molecule has 4 aromatic rings. The lowest BCUT2D eigenvalue weighted by Crippen LogP contribution is -2.26. The van der Waals surface area contributed by atoms with Gasteiger partial charge in [-0.05, 0) is 67.4 Å². The number of nitrogens with one attached hydrogen (secondary N) is 1. The largest absolute Gasteiger partial charge is 0.343 e. The normalized spacial score (nSPS) is 12.9. The van der Waals surface area contributed by atoms with E-state index in [4.69, 9.17) is 10.2 Å². The van der Waals surface area contributed by atoms with Crippen LogP contribution >= 0.6 is 0 Å². The molecule has 1 saturated heterocycles. The van der Waals surface area contributed by atoms with Crippen LogP contribution in [0.2, 0.25) is 0 Å². The molecule has 2 heterocycles. The van der Waals surface area contributed by atoms with Crippen molar-refractivity contribution in [3.05, 3.63) is 89.5 Å². The average Bonchev–Trinajstić information content (AvgIpc) is 3.54. The topological polar surface area (TPSA) is 111 Å². The number of amides is 3. The summed E-state index contributed by atoms with van der Waals surface area (Å²) in [6.45, 7) is 1.95. The zero-order chi connectivity index (χ0) is 27.4. The first-order valence-corrected chi connectivity index (χ1v) is 12.9. The van der Waals surface area contributed by atoms with Gasteiger partial charge in [-0.1, -0.05) is 18.2 Å². The lowest BCUT2D eigenvalue weighted by molar-refractivity contribution is -0.127. The minimum atomic E-state index is -0.345. The van der Waals surface area contributed by atoms with Gasteiger partial charge in [-0.25, -0.2) is 4.98 Å². The van der Waals surface area contributed by atoms with Gasteiger partial charge in [0.25, 0.3) is 11.8 Å². The summed E-state index contributed by atoms with van der Waals surface area (Å²) in [7, 11) is 1.72. The maximum atomic E-state index is 13.0. The van der Waals surface area contributed by atoms with E-state index in [0.717, 1.165) is 18.5 Å². The fourth-order valence-electron chi connectivity index (χ4n) is 4.77. The molecule has 0 radical (unpaired) electrons. The lowest BCUT2D eigenvalue weighted by atomic mass is 10.1. The SMILES string of the molecule is CN(C(=O)c1ccccc1)c1ccc2c(c1)nc(NC(=O)c1ccc(C#N)cc1)n2CCCN1CCCC1=O. The molecule has 9 heteroatoms. The molecule has 1 aromatic heterocycles. The molecule has 3 amide bonds. The highest BCUT2D eigenvalue weighted by Crippen LogP contribution is 2.26. The number of nitrogens with zero attached hydrogens (tertiary/aromatic N) is 5. The van der Waals surface area contributed by atoms with Crippen molar-refractivity contribution in [2.45, 2.75) is 25.8 Å². The number of likely N-dealkylation sites (tertiary alicyclic amines) is 1. The number of carbonyl (C=O) groups excluding carboxylic acids is 3. The van der Waals surface area contributed by atoms with Crippen LogP contribution in [0.3, 0.4) is 0 Å². The highest BCUT2D eigenvalue weighted by atomic mass is 16.2. The smallest absolute Gasteiger partial charge is 0.258 e. The molecule has 0 spiro atoms. The predicted molar refractivity (Wildman–Crippen MR) is 148 cm³/mol. The van der Waals surface area contributed by atoms with Crippen molar-refractivity contribution in [1.29, 1.82) is 5.26 Å². The minimum Gasteiger partial charge on any atom is -0.343 e. The van der Waals surface area contributed by atoms with Crippen molar-refractivity contribution in [3.63, 3.8) is 0 Å². The minimum absolute atomic E-state index is 0.140. The van der Waals surface area contributed by atoms with Crippen LogP contribution in [0.1, 0.15) is 45.5 Å². The Bertz CT molecular complexity index is 1570. The Morgan fingerprint density at radius 2 is 1.79 bits per heavy atom. The van der Waals surface area contributed by atoms with Crippen molar-refractivity contribution >= 4 is 40.4 Å². The summed E-state index contributed by atoms with van der Waals surface area (Å²) in [5, 5.41) is 12.0. The predicted octanol–water partition coefficient (Wildman–Crippen LogP) is 4.45. The first-order chi connectivity index (χ1) is 18.9. The molecule has 3 aromatic carbocycles. The van der Waals surface area contributed by atoms with Crippen LogP contribution in [0.5, 0.6) is 0 Å². The third kappa shape index (κ3) is 5.50. The molecule has 39 heavy (non-hydrogen) atoms. The van der Waals surface area contributed by atoms with E-state index in [-0.39, 0.29) is 17.7 Å². The number of imidazole rings is 1. The summed E-state index contributed by atoms with van der Waals surface area (Å²) in [5.74, 6) is 0.0678. The number of rotatable bonds is 8. The van der Waals surface area contributed by atoms with E-state index in [1.54, 1.807) is 48.3 Å². The van der Waals surface area contributed by atoms with Crippen LogP contribution in [-0.2, 0) is 11.3 Å². The van der Waals surface area contributed by atoms with Gasteiger partial charge >= 0.3 is 0 Å². The van der Waals surface area contributed by atoms with Crippen molar-refractivity contribution in [1.82, 2.24) is 14.5 Å². The zero-order valence-electron chi connectivity index (χ0n) is 21.6. The highest BCUT2D eigenvalue weighted by molar-refractivity contribution is 6.07. The summed E-state index contributed by atoms with van der Waals surface area (Å²) in [5.41, 5.74) is 3.57. The number of hydrogen-bond acceptors (Lipinski definition) is 5. The number of aryl methyl sites for hydroxylation is 1. The molecular formula is C30H28N6O3. The number of carbonyl (C=O) groups is 3. The maximum absolute atomic E-state index is 13.0. The number of anilines is 2. The summed E-state index contributed by atoms with van der Waals surface area (Å²) in [4.78, 5) is 46.2. The van der Waals surface area contributed by atoms with E-state index in [1.807, 2.05) is 51.9 Å². The summed E-state index contributed by atoms with van der Waals surface area (Å²) >= 11 is 0. The van der Waals surface area contributed by atoms with Gasteiger partial charge in [-0.3, -0.25) is 19.7 Å². The maximum Gasteiger partial charge on any atom is 0.258 e. The molecule has 0 bridgehead atoms. The van der Waals surface area contributed by atoms with Crippen molar-refractivity contribution in [2.24, 2.45) is 0 Å². The van der Waals surface area contributed by atoms with Crippen LogP contribution < -0.4 is 10.2 Å². The Hall–Kier alpha value is -4.97. The molecule has 1 fully saturated rings. The van der Waals surface area contributed by atoms with Gasteiger partial charge in [-0.15, -0.1) is 0 Å². The van der Waals surface area contributed by atoms with Crippen molar-refractivity contribution in [3.8, 4) is 6.07 Å². The Kier molecular flexibility index (Phi) is 7.37. The second kappa shape index (κ2) is 11.2. The molecule has 0 atom stereocenters. The molecule has 1 aliphatic heterocycles. The number of fused-ring (bicyclic) bond motifs is 1. The van der Waals surface area contributed by atoms with E-state index in [2.05, 4.69) is 5.32 Å². The van der Waals surface area contributed by atoms with Crippen LogP contribution in [0.15, 0.2) is 72.8 Å². The average molecular weight is 521 g/mol. The van der Waals surface area contributed by atoms with Gasteiger partial charge in [-0.2, -0.15) is 5.26 Å². The first-order valence-electron chi connectivity index (χ1n) is 12.9. The van der Waals surface area contributed by atoms with Gasteiger partial charge in [0.2, 0.25) is 11.9 Å². The Morgan fingerprint density at radius 3 is 2.49 bits per heavy atom. The van der Waals surface area contributed by atoms with E-state index >= 15 is 0 Å². The highest BCUT2D eigenvalue weighted by Gasteiger charge is 2.21.